The molecule has 61 heavy (non-hydrogen) atoms. The van der Waals surface area contributed by atoms with E-state index in [0.29, 0.717) is 57.8 Å². The molecule has 2 aliphatic carbocycles. The van der Waals surface area contributed by atoms with Crippen LogP contribution >= 0.6 is 0 Å². The summed E-state index contributed by atoms with van der Waals surface area (Å²) in [5.74, 6) is -2.61. The molecule has 0 radical (unpaired) electrons. The highest BCUT2D eigenvalue weighted by Crippen LogP contribution is 2.58. The summed E-state index contributed by atoms with van der Waals surface area (Å²) < 4.78 is 54.1. The molecule has 12 bridgehead atoms. The third-order valence-corrected chi connectivity index (χ3v) is 16.6. The Morgan fingerprint density at radius 1 is 0.902 bits per heavy atom. The highest BCUT2D eigenvalue weighted by atomic mass is 16.7. The lowest BCUT2D eigenvalue weighted by atomic mass is 9.60. The zero-order valence-electron chi connectivity index (χ0n) is 36.1. The Bertz CT molecular complexity index is 1720. The highest BCUT2D eigenvalue weighted by molar-refractivity contribution is 5.92. The molecule has 7 saturated heterocycles. The van der Waals surface area contributed by atoms with E-state index in [0.717, 1.165) is 37.0 Å². The van der Waals surface area contributed by atoms with Crippen LogP contribution in [0.1, 0.15) is 116 Å². The van der Waals surface area contributed by atoms with E-state index in [-0.39, 0.29) is 92.0 Å². The molecule has 0 aromatic heterocycles. The SMILES string of the molecule is C=C1C[C@@H]2CC[C@@]3(O)C[C@@H](O)[C@@H]4C[C@@H]5[C@H]4O[C@H]4CC[C@@H]6CC(=O)C[C@@H]7[C@@H](OC)[C@@H](C[C@@H](CNC(=O)C8(O)CCC8)OC)O[C@H]7C[C@H]7O[C@@H](CC[C@@H]1O2)C[C@@H](C)C7=N[C@@]4(O6)[C@@H]5O3. The van der Waals surface area contributed by atoms with Crippen molar-refractivity contribution in [1.82, 2.24) is 5.32 Å². The summed E-state index contributed by atoms with van der Waals surface area (Å²) in [6, 6.07) is 0. The van der Waals surface area contributed by atoms with Gasteiger partial charge < -0.3 is 58.5 Å². The van der Waals surface area contributed by atoms with Crippen LogP contribution in [0.5, 0.6) is 0 Å². The number of rotatable bonds is 7. The third kappa shape index (κ3) is 7.80. The van der Waals surface area contributed by atoms with Crippen molar-refractivity contribution in [3.8, 4) is 0 Å². The molecule has 15 heteroatoms. The average Bonchev–Trinajstić information content (AvgIpc) is 3.72. The van der Waals surface area contributed by atoms with Crippen LogP contribution in [0.3, 0.4) is 0 Å². The molecular formula is C46H68N2O13. The standard InChI is InChI=1S/C46H68N2O13/c1-23-14-27-10-13-45(53)21-33(50)30-19-32-40(30)59-38-9-7-28-16-25(49)17-31-35(58-37(41(31)55-4)18-29(54-3)22-47-43(51)44(52)11-5-12-44)20-36-39(48-46(38,60-28)42(32)61-45)24(2)15-26(57-36)6-8-34(23)56-27/h24,26-38,40-42,50,52-53H,1,5-22H2,2-4H3,(H,47,51)/t24-,26+,27+,28-,29+,30+,31+,32-,33-,34+,35+,36-,37-,38+,40+,41-,42-,45+,46+/m1/s1. The summed E-state index contributed by atoms with van der Waals surface area (Å²) in [5, 5.41) is 37.5. The van der Waals surface area contributed by atoms with E-state index in [9.17, 15) is 24.9 Å². The van der Waals surface area contributed by atoms with Crippen LogP contribution in [-0.4, -0.2) is 150 Å². The summed E-state index contributed by atoms with van der Waals surface area (Å²) in [7, 11) is 3.26. The molecule has 340 valence electrons. The second-order valence-corrected chi connectivity index (χ2v) is 20.6. The van der Waals surface area contributed by atoms with Crippen LogP contribution in [0.25, 0.3) is 0 Å². The van der Waals surface area contributed by atoms with Crippen LogP contribution in [0, 0.1) is 23.7 Å². The Hall–Kier alpha value is -1.89. The van der Waals surface area contributed by atoms with Gasteiger partial charge in [-0.25, -0.2) is 0 Å². The summed E-state index contributed by atoms with van der Waals surface area (Å²) in [6.07, 6.45) is 3.35. The molecule has 19 atom stereocenters. The van der Waals surface area contributed by atoms with Crippen molar-refractivity contribution in [2.45, 2.75) is 213 Å². The van der Waals surface area contributed by atoms with Crippen molar-refractivity contribution in [1.29, 1.82) is 0 Å². The smallest absolute Gasteiger partial charge is 0.252 e. The lowest BCUT2D eigenvalue weighted by Crippen LogP contribution is -2.75. The van der Waals surface area contributed by atoms with Gasteiger partial charge in [0.15, 0.2) is 5.79 Å². The molecule has 0 aromatic rings. The first-order valence-corrected chi connectivity index (χ1v) is 23.5. The number of aliphatic hydroxyl groups excluding tert-OH is 1. The van der Waals surface area contributed by atoms with Crippen LogP contribution in [0.2, 0.25) is 0 Å². The van der Waals surface area contributed by atoms with Gasteiger partial charge in [-0.1, -0.05) is 13.5 Å². The topological polar surface area (TPSA) is 193 Å². The zero-order valence-corrected chi connectivity index (χ0v) is 36.1. The highest BCUT2D eigenvalue weighted by Gasteiger charge is 2.69. The molecule has 10 aliphatic heterocycles. The number of nitrogens with zero attached hydrogens (tertiary/aromatic N) is 1. The molecule has 15 nitrogen and oxygen atoms in total. The van der Waals surface area contributed by atoms with Crippen molar-refractivity contribution >= 4 is 17.4 Å². The number of amides is 1. The molecule has 12 rings (SSSR count). The summed E-state index contributed by atoms with van der Waals surface area (Å²) in [6.45, 7) is 6.80. The average molecular weight is 857 g/mol. The number of hydrogen-bond donors (Lipinski definition) is 4. The quantitative estimate of drug-likeness (QED) is 0.273. The maximum Gasteiger partial charge on any atom is 0.252 e. The van der Waals surface area contributed by atoms with Gasteiger partial charge in [0.05, 0.1) is 67.1 Å². The van der Waals surface area contributed by atoms with Gasteiger partial charge in [-0.15, -0.1) is 0 Å². The number of aliphatic hydroxyl groups is 3. The molecule has 0 unspecified atom stereocenters. The Balaban J connectivity index is 1.01. The van der Waals surface area contributed by atoms with Crippen molar-refractivity contribution in [3.05, 3.63) is 12.2 Å². The van der Waals surface area contributed by atoms with Crippen molar-refractivity contribution in [2.75, 3.05) is 20.8 Å². The Kier molecular flexibility index (Phi) is 11.7. The predicted octanol–water partition coefficient (Wildman–Crippen LogP) is 3.21. The molecule has 2 saturated carbocycles. The van der Waals surface area contributed by atoms with Crippen LogP contribution in [0.4, 0.5) is 0 Å². The lowest BCUT2D eigenvalue weighted by molar-refractivity contribution is -0.396. The fraction of sp³-hybridized carbons (Fsp3) is 0.891. The molecule has 12 aliphatic rings. The molecule has 1 amide bonds. The second-order valence-electron chi connectivity index (χ2n) is 20.6. The Morgan fingerprint density at radius 2 is 1.70 bits per heavy atom. The van der Waals surface area contributed by atoms with Crippen LogP contribution in [-0.2, 0) is 47.5 Å². The predicted molar refractivity (Wildman–Crippen MR) is 217 cm³/mol. The van der Waals surface area contributed by atoms with Crippen molar-refractivity contribution in [3.63, 3.8) is 0 Å². The van der Waals surface area contributed by atoms with Crippen LogP contribution in [0.15, 0.2) is 17.1 Å². The molecular weight excluding hydrogens is 789 g/mol. The van der Waals surface area contributed by atoms with Gasteiger partial charge in [-0.3, -0.25) is 14.6 Å². The van der Waals surface area contributed by atoms with E-state index in [4.69, 9.17) is 42.9 Å². The number of ether oxygens (including phenoxy) is 8. The van der Waals surface area contributed by atoms with E-state index < -0.39 is 72.0 Å². The van der Waals surface area contributed by atoms with Gasteiger partial charge >= 0.3 is 0 Å². The molecule has 4 N–H and O–H groups in total. The van der Waals surface area contributed by atoms with E-state index in [2.05, 4.69) is 18.8 Å². The van der Waals surface area contributed by atoms with Gasteiger partial charge in [-0.2, -0.15) is 0 Å². The Labute approximate surface area is 358 Å². The van der Waals surface area contributed by atoms with Gasteiger partial charge in [0, 0.05) is 82.8 Å². The van der Waals surface area contributed by atoms with Crippen molar-refractivity contribution in [2.24, 2.45) is 28.7 Å². The minimum Gasteiger partial charge on any atom is -0.393 e. The van der Waals surface area contributed by atoms with Gasteiger partial charge in [-0.05, 0) is 82.1 Å². The third-order valence-electron chi connectivity index (χ3n) is 16.6. The van der Waals surface area contributed by atoms with Crippen LogP contribution < -0.4 is 5.32 Å². The number of ketones is 1. The first kappa shape index (κ1) is 43.0. The minimum absolute atomic E-state index is 0.0114. The largest absolute Gasteiger partial charge is 0.393 e. The van der Waals surface area contributed by atoms with E-state index in [1.165, 1.54) is 0 Å². The van der Waals surface area contributed by atoms with Gasteiger partial charge in [0.1, 0.15) is 23.6 Å². The lowest BCUT2D eigenvalue weighted by Gasteiger charge is -2.64. The number of aliphatic imine (C=N–C) groups is 1. The van der Waals surface area contributed by atoms with E-state index in [1.54, 1.807) is 14.2 Å². The molecule has 1 spiro atoms. The number of methoxy groups -OCH3 is 2. The molecule has 9 fully saturated rings. The summed E-state index contributed by atoms with van der Waals surface area (Å²) in [5.41, 5.74) is -0.769. The molecule has 0 aromatic carbocycles. The molecule has 10 heterocycles. The summed E-state index contributed by atoms with van der Waals surface area (Å²) >= 11 is 0. The maximum atomic E-state index is 14.4. The number of carbonyl (C=O) groups excluding carboxylic acids is 2. The number of Topliss-reactive ketones (excluding diaryl/α,β-unsaturated/α-hetero) is 1. The van der Waals surface area contributed by atoms with E-state index in [1.807, 2.05) is 0 Å². The monoisotopic (exact) mass is 856 g/mol. The first-order valence-electron chi connectivity index (χ1n) is 23.5. The van der Waals surface area contributed by atoms with Gasteiger partial charge in [0.2, 0.25) is 5.72 Å². The number of nitrogens with one attached hydrogen (secondary N) is 1. The van der Waals surface area contributed by atoms with Gasteiger partial charge in [0.25, 0.3) is 5.91 Å². The number of hydrogen-bond acceptors (Lipinski definition) is 14. The maximum absolute atomic E-state index is 14.4. The van der Waals surface area contributed by atoms with E-state index >= 15 is 0 Å². The number of carbonyl (C=O) groups is 2. The minimum atomic E-state index is -1.66. The normalized spacial score (nSPS) is 49.4. The number of fused-ring (bicyclic) bond motifs is 6. The fourth-order valence-corrected chi connectivity index (χ4v) is 13.1. The second kappa shape index (κ2) is 16.5. The Morgan fingerprint density at radius 3 is 2.48 bits per heavy atom. The fourth-order valence-electron chi connectivity index (χ4n) is 13.1. The first-order chi connectivity index (χ1) is 29.3. The van der Waals surface area contributed by atoms with Crippen molar-refractivity contribution < 1.29 is 62.8 Å². The summed E-state index contributed by atoms with van der Waals surface area (Å²) in [4.78, 5) is 32.9. The zero-order chi connectivity index (χ0) is 42.4.